The summed E-state index contributed by atoms with van der Waals surface area (Å²) in [5.41, 5.74) is 1.57. The Morgan fingerprint density at radius 1 is 0.938 bits per heavy atom. The van der Waals surface area contributed by atoms with E-state index in [1.165, 1.54) is 32.1 Å². The van der Waals surface area contributed by atoms with Crippen LogP contribution in [0.3, 0.4) is 0 Å². The Hall–Kier alpha value is -0.780. The van der Waals surface area contributed by atoms with Crippen molar-refractivity contribution in [3.05, 3.63) is 35.9 Å². The van der Waals surface area contributed by atoms with Gasteiger partial charge in [-0.25, -0.2) is 0 Å². The van der Waals surface area contributed by atoms with Crippen molar-refractivity contribution in [1.82, 2.24) is 0 Å². The summed E-state index contributed by atoms with van der Waals surface area (Å²) in [6, 6.07) is 11.2. The molecular formula is C16H24. The van der Waals surface area contributed by atoms with E-state index in [-0.39, 0.29) is 0 Å². The fourth-order valence-corrected chi connectivity index (χ4v) is 3.25. The van der Waals surface area contributed by atoms with Crippen LogP contribution in [-0.2, 0) is 0 Å². The maximum Gasteiger partial charge on any atom is -0.0131 e. The van der Waals surface area contributed by atoms with Crippen LogP contribution in [0.2, 0.25) is 0 Å². The molecule has 1 fully saturated rings. The molecule has 2 unspecified atom stereocenters. The highest BCUT2D eigenvalue weighted by Crippen LogP contribution is 2.40. The normalized spacial score (nSPS) is 26.7. The standard InChI is InChI=1S/C16H24/c1-13(2)15-11-7-4-8-12-16(15)14-9-5-3-6-10-14/h3,5-6,9-10,13,15-16H,4,7-8,11-12H2,1-2H3. The average molecular weight is 216 g/mol. The van der Waals surface area contributed by atoms with Crippen molar-refractivity contribution in [2.75, 3.05) is 0 Å². The van der Waals surface area contributed by atoms with Gasteiger partial charge in [-0.2, -0.15) is 0 Å². The summed E-state index contributed by atoms with van der Waals surface area (Å²) >= 11 is 0. The van der Waals surface area contributed by atoms with Gasteiger partial charge in [-0.1, -0.05) is 63.4 Å². The molecule has 0 heterocycles. The van der Waals surface area contributed by atoms with Crippen LogP contribution in [0.4, 0.5) is 0 Å². The number of benzene rings is 1. The summed E-state index contributed by atoms with van der Waals surface area (Å²) in [5, 5.41) is 0. The van der Waals surface area contributed by atoms with Gasteiger partial charge in [0, 0.05) is 0 Å². The lowest BCUT2D eigenvalue weighted by molar-refractivity contribution is 0.300. The molecule has 1 aromatic carbocycles. The summed E-state index contributed by atoms with van der Waals surface area (Å²) < 4.78 is 0. The van der Waals surface area contributed by atoms with Gasteiger partial charge in [0.25, 0.3) is 0 Å². The Morgan fingerprint density at radius 3 is 2.31 bits per heavy atom. The lowest BCUT2D eigenvalue weighted by Crippen LogP contribution is -2.17. The van der Waals surface area contributed by atoms with Crippen LogP contribution in [0.15, 0.2) is 30.3 Å². The second-order valence-electron chi connectivity index (χ2n) is 5.56. The van der Waals surface area contributed by atoms with Crippen molar-refractivity contribution in [3.63, 3.8) is 0 Å². The van der Waals surface area contributed by atoms with E-state index in [1.54, 1.807) is 5.56 Å². The van der Waals surface area contributed by atoms with E-state index in [0.717, 1.165) is 17.8 Å². The fourth-order valence-electron chi connectivity index (χ4n) is 3.25. The van der Waals surface area contributed by atoms with Crippen molar-refractivity contribution in [1.29, 1.82) is 0 Å². The maximum absolute atomic E-state index is 2.39. The van der Waals surface area contributed by atoms with E-state index >= 15 is 0 Å². The van der Waals surface area contributed by atoms with Crippen molar-refractivity contribution >= 4 is 0 Å². The first-order valence-corrected chi connectivity index (χ1v) is 6.84. The van der Waals surface area contributed by atoms with E-state index < -0.39 is 0 Å². The minimum absolute atomic E-state index is 0.809. The van der Waals surface area contributed by atoms with Gasteiger partial charge in [-0.15, -0.1) is 0 Å². The molecule has 0 saturated heterocycles. The molecule has 16 heavy (non-hydrogen) atoms. The van der Waals surface area contributed by atoms with E-state index in [9.17, 15) is 0 Å². The number of hydrogen-bond donors (Lipinski definition) is 0. The van der Waals surface area contributed by atoms with Crippen LogP contribution < -0.4 is 0 Å². The van der Waals surface area contributed by atoms with Gasteiger partial charge >= 0.3 is 0 Å². The molecule has 1 aromatic rings. The van der Waals surface area contributed by atoms with Gasteiger partial charge < -0.3 is 0 Å². The first-order valence-electron chi connectivity index (χ1n) is 6.84. The fraction of sp³-hybridized carbons (Fsp3) is 0.625. The zero-order valence-corrected chi connectivity index (χ0v) is 10.7. The molecule has 2 atom stereocenters. The quantitative estimate of drug-likeness (QED) is 0.610. The lowest BCUT2D eigenvalue weighted by Gasteiger charge is -2.28. The van der Waals surface area contributed by atoms with Gasteiger partial charge in [0.2, 0.25) is 0 Å². The molecule has 0 heteroatoms. The van der Waals surface area contributed by atoms with E-state index in [4.69, 9.17) is 0 Å². The largest absolute Gasteiger partial charge is 0.0625 e. The third-order valence-corrected chi connectivity index (χ3v) is 4.15. The minimum atomic E-state index is 0.809. The molecule has 1 saturated carbocycles. The topological polar surface area (TPSA) is 0 Å². The smallest absolute Gasteiger partial charge is 0.0131 e. The molecule has 0 bridgehead atoms. The van der Waals surface area contributed by atoms with Gasteiger partial charge in [-0.3, -0.25) is 0 Å². The van der Waals surface area contributed by atoms with E-state index in [1.807, 2.05) is 0 Å². The molecule has 0 nitrogen and oxygen atoms in total. The molecule has 0 amide bonds. The zero-order chi connectivity index (χ0) is 11.4. The average Bonchev–Trinajstić information content (AvgIpc) is 2.55. The summed E-state index contributed by atoms with van der Waals surface area (Å²) in [6.45, 7) is 4.79. The van der Waals surface area contributed by atoms with Gasteiger partial charge in [0.15, 0.2) is 0 Å². The van der Waals surface area contributed by atoms with Crippen molar-refractivity contribution in [3.8, 4) is 0 Å². The monoisotopic (exact) mass is 216 g/mol. The number of hydrogen-bond acceptors (Lipinski definition) is 0. The summed E-state index contributed by atoms with van der Waals surface area (Å²) in [6.07, 6.45) is 7.12. The second-order valence-corrected chi connectivity index (χ2v) is 5.56. The van der Waals surface area contributed by atoms with Crippen molar-refractivity contribution in [2.45, 2.75) is 51.9 Å². The highest BCUT2D eigenvalue weighted by molar-refractivity contribution is 5.20. The maximum atomic E-state index is 2.39. The van der Waals surface area contributed by atoms with Gasteiger partial charge in [-0.05, 0) is 36.2 Å². The Morgan fingerprint density at radius 2 is 1.62 bits per heavy atom. The van der Waals surface area contributed by atoms with Crippen LogP contribution in [0.25, 0.3) is 0 Å². The van der Waals surface area contributed by atoms with Crippen molar-refractivity contribution in [2.24, 2.45) is 11.8 Å². The summed E-state index contributed by atoms with van der Waals surface area (Å²) in [5.74, 6) is 2.52. The highest BCUT2D eigenvalue weighted by atomic mass is 14.3. The first-order chi connectivity index (χ1) is 7.79. The Bertz CT molecular complexity index is 299. The third kappa shape index (κ3) is 2.66. The molecular weight excluding hydrogens is 192 g/mol. The van der Waals surface area contributed by atoms with Crippen LogP contribution in [0, 0.1) is 11.8 Å². The molecule has 0 N–H and O–H groups in total. The molecule has 1 aliphatic rings. The minimum Gasteiger partial charge on any atom is -0.0625 e. The van der Waals surface area contributed by atoms with Crippen molar-refractivity contribution < 1.29 is 0 Å². The second kappa shape index (κ2) is 5.52. The number of rotatable bonds is 2. The molecule has 0 radical (unpaired) electrons. The predicted molar refractivity (Wildman–Crippen MR) is 70.6 cm³/mol. The molecule has 1 aliphatic carbocycles. The SMILES string of the molecule is CC(C)C1CCCCCC1c1ccccc1. The Kier molecular flexibility index (Phi) is 4.04. The molecule has 88 valence electrons. The molecule has 0 aromatic heterocycles. The summed E-state index contributed by atoms with van der Waals surface area (Å²) in [4.78, 5) is 0. The first kappa shape index (κ1) is 11.7. The highest BCUT2D eigenvalue weighted by Gasteiger charge is 2.26. The van der Waals surface area contributed by atoms with Crippen LogP contribution in [-0.4, -0.2) is 0 Å². The lowest BCUT2D eigenvalue weighted by atomic mass is 9.76. The third-order valence-electron chi connectivity index (χ3n) is 4.15. The van der Waals surface area contributed by atoms with E-state index in [2.05, 4.69) is 44.2 Å². The summed E-state index contributed by atoms with van der Waals surface area (Å²) in [7, 11) is 0. The van der Waals surface area contributed by atoms with Crippen LogP contribution >= 0.6 is 0 Å². The predicted octanol–water partition coefficient (Wildman–Crippen LogP) is 5.01. The molecule has 0 spiro atoms. The van der Waals surface area contributed by atoms with Crippen LogP contribution in [0.1, 0.15) is 57.4 Å². The zero-order valence-electron chi connectivity index (χ0n) is 10.7. The van der Waals surface area contributed by atoms with Crippen LogP contribution in [0.5, 0.6) is 0 Å². The Labute approximate surface area is 100 Å². The van der Waals surface area contributed by atoms with Gasteiger partial charge in [0.1, 0.15) is 0 Å². The molecule has 2 rings (SSSR count). The van der Waals surface area contributed by atoms with E-state index in [0.29, 0.717) is 0 Å². The van der Waals surface area contributed by atoms with Gasteiger partial charge in [0.05, 0.1) is 0 Å². The Balaban J connectivity index is 2.21. The molecule has 0 aliphatic heterocycles.